The number of nitrogens with zero attached hydrogens (tertiary/aromatic N) is 1. The van der Waals surface area contributed by atoms with Crippen molar-refractivity contribution in [2.45, 2.75) is 26.3 Å². The number of carboxylic acids is 1. The largest absolute Gasteiger partial charge is 0.481 e. The third-order valence-electron chi connectivity index (χ3n) is 3.56. The second-order valence-electron chi connectivity index (χ2n) is 4.98. The van der Waals surface area contributed by atoms with Gasteiger partial charge >= 0.3 is 5.97 Å². The third kappa shape index (κ3) is 3.07. The number of halogens is 1. The molecule has 1 N–H and O–H groups in total. The van der Waals surface area contributed by atoms with Crippen LogP contribution in [0, 0.1) is 18.7 Å². The van der Waals surface area contributed by atoms with Crippen molar-refractivity contribution in [1.82, 2.24) is 4.90 Å². The smallest absolute Gasteiger partial charge is 0.307 e. The number of hydrogen-bond acceptors (Lipinski definition) is 2. The van der Waals surface area contributed by atoms with Crippen LogP contribution in [0.15, 0.2) is 18.2 Å². The minimum absolute atomic E-state index is 0.234. The van der Waals surface area contributed by atoms with Crippen LogP contribution in [-0.4, -0.2) is 29.1 Å². The van der Waals surface area contributed by atoms with Crippen molar-refractivity contribution in [3.8, 4) is 0 Å². The van der Waals surface area contributed by atoms with Gasteiger partial charge in [-0.05, 0) is 49.6 Å². The average Bonchev–Trinajstić information content (AvgIpc) is 2.34. The van der Waals surface area contributed by atoms with Gasteiger partial charge in [0.25, 0.3) is 0 Å². The summed E-state index contributed by atoms with van der Waals surface area (Å²) in [6.07, 6.45) is 1.64. The fourth-order valence-electron chi connectivity index (χ4n) is 2.45. The second kappa shape index (κ2) is 5.48. The van der Waals surface area contributed by atoms with Crippen LogP contribution in [0.1, 0.15) is 24.0 Å². The van der Waals surface area contributed by atoms with E-state index >= 15 is 0 Å². The fraction of sp³-hybridized carbons (Fsp3) is 0.500. The number of aliphatic carboxylic acids is 1. The normalized spacial score (nSPS) is 20.9. The summed E-state index contributed by atoms with van der Waals surface area (Å²) in [5.74, 6) is -1.24. The molecule has 0 saturated carbocycles. The van der Waals surface area contributed by atoms with E-state index in [0.29, 0.717) is 13.1 Å². The van der Waals surface area contributed by atoms with Gasteiger partial charge in [0.05, 0.1) is 5.92 Å². The number of carboxylic acid groups (broad SMARTS) is 1. The summed E-state index contributed by atoms with van der Waals surface area (Å²) in [6, 6.07) is 4.76. The summed E-state index contributed by atoms with van der Waals surface area (Å²) >= 11 is 0. The summed E-state index contributed by atoms with van der Waals surface area (Å²) in [5, 5.41) is 9.03. The number of piperidine rings is 1. The zero-order valence-electron chi connectivity index (χ0n) is 10.5. The number of hydrogen-bond donors (Lipinski definition) is 1. The number of aryl methyl sites for hydroxylation is 1. The maximum Gasteiger partial charge on any atom is 0.307 e. The molecule has 1 aliphatic rings. The first kappa shape index (κ1) is 13.0. The van der Waals surface area contributed by atoms with Gasteiger partial charge in [-0.1, -0.05) is 6.07 Å². The molecule has 98 valence electrons. The van der Waals surface area contributed by atoms with Gasteiger partial charge in [-0.25, -0.2) is 4.39 Å². The highest BCUT2D eigenvalue weighted by atomic mass is 19.1. The van der Waals surface area contributed by atoms with Crippen LogP contribution in [0.4, 0.5) is 4.39 Å². The summed E-state index contributed by atoms with van der Waals surface area (Å²) in [4.78, 5) is 13.1. The summed E-state index contributed by atoms with van der Waals surface area (Å²) in [7, 11) is 0. The van der Waals surface area contributed by atoms with Crippen molar-refractivity contribution >= 4 is 5.97 Å². The van der Waals surface area contributed by atoms with E-state index in [1.807, 2.05) is 6.92 Å². The maximum atomic E-state index is 13.2. The Hall–Kier alpha value is -1.42. The second-order valence-corrected chi connectivity index (χ2v) is 4.98. The molecule has 1 aromatic carbocycles. The molecule has 1 fully saturated rings. The topological polar surface area (TPSA) is 40.5 Å². The van der Waals surface area contributed by atoms with Crippen molar-refractivity contribution in [3.05, 3.63) is 35.1 Å². The number of carbonyl (C=O) groups is 1. The zero-order chi connectivity index (χ0) is 13.1. The van der Waals surface area contributed by atoms with Gasteiger partial charge in [-0.15, -0.1) is 0 Å². The van der Waals surface area contributed by atoms with Crippen molar-refractivity contribution in [3.63, 3.8) is 0 Å². The predicted molar refractivity (Wildman–Crippen MR) is 66.8 cm³/mol. The molecule has 0 amide bonds. The monoisotopic (exact) mass is 251 g/mol. The van der Waals surface area contributed by atoms with E-state index in [2.05, 4.69) is 4.90 Å². The quantitative estimate of drug-likeness (QED) is 0.897. The van der Waals surface area contributed by atoms with Crippen molar-refractivity contribution in [1.29, 1.82) is 0 Å². The van der Waals surface area contributed by atoms with E-state index < -0.39 is 5.97 Å². The first-order valence-electron chi connectivity index (χ1n) is 6.26. The molecule has 4 heteroatoms. The lowest BCUT2D eigenvalue weighted by molar-refractivity contribution is -0.143. The Morgan fingerprint density at radius 3 is 3.06 bits per heavy atom. The van der Waals surface area contributed by atoms with Gasteiger partial charge < -0.3 is 5.11 Å². The van der Waals surface area contributed by atoms with Crippen molar-refractivity contribution in [2.75, 3.05) is 13.1 Å². The SMILES string of the molecule is Cc1ccc(F)cc1CN1CCC[C@@H](C(=O)O)C1. The molecule has 1 atom stereocenters. The molecule has 0 unspecified atom stereocenters. The third-order valence-corrected chi connectivity index (χ3v) is 3.56. The number of rotatable bonds is 3. The Labute approximate surface area is 106 Å². The molecule has 1 aliphatic heterocycles. The van der Waals surface area contributed by atoms with Crippen LogP contribution in [0.2, 0.25) is 0 Å². The van der Waals surface area contributed by atoms with Gasteiger partial charge in [-0.2, -0.15) is 0 Å². The van der Waals surface area contributed by atoms with Crippen LogP contribution in [0.25, 0.3) is 0 Å². The summed E-state index contributed by atoms with van der Waals surface area (Å²) in [5.41, 5.74) is 2.00. The molecule has 2 rings (SSSR count). The molecule has 0 aromatic heterocycles. The molecule has 0 bridgehead atoms. The Morgan fingerprint density at radius 2 is 2.33 bits per heavy atom. The van der Waals surface area contributed by atoms with E-state index in [1.54, 1.807) is 12.1 Å². The van der Waals surface area contributed by atoms with E-state index in [-0.39, 0.29) is 11.7 Å². The van der Waals surface area contributed by atoms with Gasteiger partial charge in [0.2, 0.25) is 0 Å². The molecule has 1 heterocycles. The highest BCUT2D eigenvalue weighted by molar-refractivity contribution is 5.70. The lowest BCUT2D eigenvalue weighted by Crippen LogP contribution is -2.38. The Balaban J connectivity index is 2.04. The highest BCUT2D eigenvalue weighted by Crippen LogP contribution is 2.20. The minimum Gasteiger partial charge on any atom is -0.481 e. The molecule has 1 saturated heterocycles. The lowest BCUT2D eigenvalue weighted by Gasteiger charge is -2.31. The first-order valence-corrected chi connectivity index (χ1v) is 6.26. The summed E-state index contributed by atoms with van der Waals surface area (Å²) < 4.78 is 13.2. The Morgan fingerprint density at radius 1 is 1.56 bits per heavy atom. The van der Waals surface area contributed by atoms with Crippen molar-refractivity contribution < 1.29 is 14.3 Å². The van der Waals surface area contributed by atoms with Crippen LogP contribution in [-0.2, 0) is 11.3 Å². The lowest BCUT2D eigenvalue weighted by atomic mass is 9.97. The van der Waals surface area contributed by atoms with Crippen LogP contribution < -0.4 is 0 Å². The molecule has 0 spiro atoms. The maximum absolute atomic E-state index is 13.2. The summed E-state index contributed by atoms with van der Waals surface area (Å²) in [6.45, 7) is 4.03. The predicted octanol–water partition coefficient (Wildman–Crippen LogP) is 2.43. The van der Waals surface area contributed by atoms with Crippen LogP contribution >= 0.6 is 0 Å². The van der Waals surface area contributed by atoms with Gasteiger partial charge in [-0.3, -0.25) is 9.69 Å². The van der Waals surface area contributed by atoms with E-state index in [1.165, 1.54) is 6.07 Å². The zero-order valence-corrected chi connectivity index (χ0v) is 10.5. The van der Waals surface area contributed by atoms with Gasteiger partial charge in [0.1, 0.15) is 5.82 Å². The highest BCUT2D eigenvalue weighted by Gasteiger charge is 2.25. The Bertz CT molecular complexity index is 447. The van der Waals surface area contributed by atoms with Crippen LogP contribution in [0.5, 0.6) is 0 Å². The first-order chi connectivity index (χ1) is 8.56. The number of likely N-dealkylation sites (tertiary alicyclic amines) is 1. The molecule has 0 aliphatic carbocycles. The molecule has 3 nitrogen and oxygen atoms in total. The Kier molecular flexibility index (Phi) is 3.97. The van der Waals surface area contributed by atoms with Crippen molar-refractivity contribution in [2.24, 2.45) is 5.92 Å². The van der Waals surface area contributed by atoms with Gasteiger partial charge in [0, 0.05) is 13.1 Å². The van der Waals surface area contributed by atoms with E-state index in [4.69, 9.17) is 5.11 Å². The minimum atomic E-state index is -0.726. The van der Waals surface area contributed by atoms with Crippen LogP contribution in [0.3, 0.4) is 0 Å². The molecular weight excluding hydrogens is 233 g/mol. The number of benzene rings is 1. The van der Waals surface area contributed by atoms with E-state index in [0.717, 1.165) is 30.5 Å². The molecule has 18 heavy (non-hydrogen) atoms. The molecule has 0 radical (unpaired) electrons. The average molecular weight is 251 g/mol. The molecule has 1 aromatic rings. The van der Waals surface area contributed by atoms with E-state index in [9.17, 15) is 9.18 Å². The fourth-order valence-corrected chi connectivity index (χ4v) is 2.45. The molecular formula is C14H18FNO2. The standard InChI is InChI=1S/C14H18FNO2/c1-10-4-5-13(15)7-12(10)9-16-6-2-3-11(8-16)14(17)18/h4-5,7,11H,2-3,6,8-9H2,1H3,(H,17,18)/t11-/m1/s1. The van der Waals surface area contributed by atoms with Gasteiger partial charge in [0.15, 0.2) is 0 Å².